The number of ether oxygens (including phenoxy) is 1. The summed E-state index contributed by atoms with van der Waals surface area (Å²) in [5.74, 6) is -1.57. The number of ketones is 1. The molecule has 0 unspecified atom stereocenters. The number of aromatic amines is 1. The second-order valence-electron chi connectivity index (χ2n) is 7.88. The number of carbonyl (C=O) groups is 1. The number of Topliss-reactive ketones (excluding diaryl/α,β-unsaturated/α-hetero) is 1. The summed E-state index contributed by atoms with van der Waals surface area (Å²) in [5, 5.41) is 0.569. The number of pyridine rings is 2. The van der Waals surface area contributed by atoms with E-state index in [1.807, 2.05) is 12.1 Å². The maximum atomic E-state index is 14.5. The molecule has 6 nitrogen and oxygen atoms in total. The van der Waals surface area contributed by atoms with Crippen molar-refractivity contribution in [1.29, 1.82) is 0 Å². The minimum Gasteiger partial charge on any atom is -0.450 e. The summed E-state index contributed by atoms with van der Waals surface area (Å²) in [6.45, 7) is 0.0171. The molecule has 0 amide bonds. The van der Waals surface area contributed by atoms with E-state index in [9.17, 15) is 13.6 Å². The Morgan fingerprint density at radius 2 is 1.88 bits per heavy atom. The fourth-order valence-electron chi connectivity index (χ4n) is 3.75. The zero-order valence-corrected chi connectivity index (χ0v) is 17.1. The fraction of sp³-hybridized carbons (Fsp3) is 0.208. The van der Waals surface area contributed by atoms with Gasteiger partial charge in [-0.15, -0.1) is 0 Å². The number of fused-ring (bicyclic) bond motifs is 1. The van der Waals surface area contributed by atoms with Crippen molar-refractivity contribution in [2.45, 2.75) is 25.8 Å². The van der Waals surface area contributed by atoms with E-state index in [1.54, 1.807) is 18.5 Å². The van der Waals surface area contributed by atoms with Crippen LogP contribution >= 0.6 is 0 Å². The molecule has 8 heteroatoms. The number of nitrogens with two attached hydrogens (primary N) is 1. The molecule has 0 spiro atoms. The molecule has 0 atom stereocenters. The Labute approximate surface area is 182 Å². The minimum atomic E-state index is -0.836. The largest absolute Gasteiger partial charge is 0.450 e. The van der Waals surface area contributed by atoms with Gasteiger partial charge in [-0.2, -0.15) is 0 Å². The number of nitrogens with zero attached hydrogens (tertiary/aromatic N) is 2. The molecule has 5 rings (SSSR count). The maximum absolute atomic E-state index is 14.5. The van der Waals surface area contributed by atoms with Gasteiger partial charge in [-0.05, 0) is 54.3 Å². The first-order valence-electron chi connectivity index (χ1n) is 10.3. The third-order valence-electron chi connectivity index (χ3n) is 5.56. The lowest BCUT2D eigenvalue weighted by Gasteiger charge is -2.11. The van der Waals surface area contributed by atoms with Crippen molar-refractivity contribution in [3.8, 4) is 22.6 Å². The summed E-state index contributed by atoms with van der Waals surface area (Å²) in [7, 11) is 0. The van der Waals surface area contributed by atoms with E-state index in [0.29, 0.717) is 22.3 Å². The van der Waals surface area contributed by atoms with E-state index >= 15 is 0 Å². The first-order valence-corrected chi connectivity index (χ1v) is 10.3. The van der Waals surface area contributed by atoms with Crippen LogP contribution in [-0.2, 0) is 17.8 Å². The molecule has 1 saturated carbocycles. The third-order valence-corrected chi connectivity index (χ3v) is 5.56. The molecule has 0 saturated heterocycles. The predicted octanol–water partition coefficient (Wildman–Crippen LogP) is 4.68. The van der Waals surface area contributed by atoms with Crippen LogP contribution in [0.1, 0.15) is 24.1 Å². The van der Waals surface area contributed by atoms with Crippen LogP contribution in [0.4, 0.5) is 8.78 Å². The van der Waals surface area contributed by atoms with E-state index in [2.05, 4.69) is 15.0 Å². The van der Waals surface area contributed by atoms with Gasteiger partial charge in [0.05, 0.1) is 5.39 Å². The van der Waals surface area contributed by atoms with Gasteiger partial charge >= 0.3 is 0 Å². The summed E-state index contributed by atoms with van der Waals surface area (Å²) >= 11 is 0. The van der Waals surface area contributed by atoms with Gasteiger partial charge in [0.15, 0.2) is 17.4 Å². The van der Waals surface area contributed by atoms with Crippen LogP contribution < -0.4 is 10.5 Å². The van der Waals surface area contributed by atoms with Crippen LogP contribution in [0.2, 0.25) is 0 Å². The second-order valence-corrected chi connectivity index (χ2v) is 7.88. The third kappa shape index (κ3) is 3.85. The van der Waals surface area contributed by atoms with Gasteiger partial charge in [-0.3, -0.25) is 9.78 Å². The molecular formula is C24H20F2N4O2. The number of halogens is 2. The molecule has 1 aliphatic carbocycles. The lowest BCUT2D eigenvalue weighted by atomic mass is 10.0. The standard InChI is InChI=1S/C24H20F2N4O2/c25-18-7-13(11-27)8-19(26)23(18)32-21-4-6-29-24-22(21)17(12-30-24)15-3-5-28-16(9-15)10-20(31)14-1-2-14/h3-9,12,14H,1-2,10-11,27H2,(H,29,30). The molecule has 0 radical (unpaired) electrons. The van der Waals surface area contributed by atoms with Gasteiger partial charge in [0, 0.05) is 48.7 Å². The van der Waals surface area contributed by atoms with Crippen molar-refractivity contribution < 1.29 is 18.3 Å². The summed E-state index contributed by atoms with van der Waals surface area (Å²) in [4.78, 5) is 23.9. The number of nitrogens with one attached hydrogen (secondary N) is 1. The molecule has 1 fully saturated rings. The van der Waals surface area contributed by atoms with Crippen molar-refractivity contribution in [1.82, 2.24) is 15.0 Å². The number of benzene rings is 1. The van der Waals surface area contributed by atoms with Gasteiger partial charge < -0.3 is 15.5 Å². The molecule has 0 bridgehead atoms. The van der Waals surface area contributed by atoms with Gasteiger partial charge in [-0.1, -0.05) is 0 Å². The van der Waals surface area contributed by atoms with Crippen molar-refractivity contribution in [2.24, 2.45) is 11.7 Å². The zero-order valence-electron chi connectivity index (χ0n) is 17.1. The van der Waals surface area contributed by atoms with Crippen LogP contribution in [0.15, 0.2) is 48.9 Å². The van der Waals surface area contributed by atoms with Gasteiger partial charge in [0.1, 0.15) is 17.2 Å². The number of rotatable bonds is 7. The van der Waals surface area contributed by atoms with Crippen LogP contribution in [0.25, 0.3) is 22.2 Å². The van der Waals surface area contributed by atoms with Crippen LogP contribution in [-0.4, -0.2) is 20.7 Å². The monoisotopic (exact) mass is 434 g/mol. The van der Waals surface area contributed by atoms with E-state index in [-0.39, 0.29) is 30.4 Å². The molecule has 162 valence electrons. The Bertz CT molecular complexity index is 1310. The molecule has 3 heterocycles. The van der Waals surface area contributed by atoms with Crippen LogP contribution in [0, 0.1) is 17.6 Å². The van der Waals surface area contributed by atoms with E-state index in [0.717, 1.165) is 36.1 Å². The van der Waals surface area contributed by atoms with Crippen LogP contribution in [0.3, 0.4) is 0 Å². The van der Waals surface area contributed by atoms with Crippen molar-refractivity contribution in [3.05, 3.63) is 71.8 Å². The van der Waals surface area contributed by atoms with Gasteiger partial charge in [0.25, 0.3) is 0 Å². The fourth-order valence-corrected chi connectivity index (χ4v) is 3.75. The molecule has 32 heavy (non-hydrogen) atoms. The average Bonchev–Trinajstić information content (AvgIpc) is 3.55. The highest BCUT2D eigenvalue weighted by atomic mass is 19.1. The molecule has 3 N–H and O–H groups in total. The maximum Gasteiger partial charge on any atom is 0.198 e. The summed E-state index contributed by atoms with van der Waals surface area (Å²) in [6, 6.07) is 7.51. The Balaban J connectivity index is 1.54. The van der Waals surface area contributed by atoms with Gasteiger partial charge in [0.2, 0.25) is 0 Å². The highest BCUT2D eigenvalue weighted by Gasteiger charge is 2.29. The topological polar surface area (TPSA) is 93.9 Å². The second kappa shape index (κ2) is 8.12. The first kappa shape index (κ1) is 20.3. The van der Waals surface area contributed by atoms with E-state index in [4.69, 9.17) is 10.5 Å². The minimum absolute atomic E-state index is 0.0171. The number of hydrogen-bond acceptors (Lipinski definition) is 5. The Hall–Kier alpha value is -3.65. The Kier molecular flexibility index (Phi) is 5.14. The van der Waals surface area contributed by atoms with Crippen molar-refractivity contribution in [3.63, 3.8) is 0 Å². The smallest absolute Gasteiger partial charge is 0.198 e. The normalized spacial score (nSPS) is 13.5. The molecule has 0 aliphatic heterocycles. The number of aromatic nitrogens is 3. The Morgan fingerprint density at radius 3 is 2.59 bits per heavy atom. The predicted molar refractivity (Wildman–Crippen MR) is 115 cm³/mol. The summed E-state index contributed by atoms with van der Waals surface area (Å²) < 4.78 is 34.7. The van der Waals surface area contributed by atoms with Crippen molar-refractivity contribution >= 4 is 16.8 Å². The summed E-state index contributed by atoms with van der Waals surface area (Å²) in [6.07, 6.45) is 7.07. The quantitative estimate of drug-likeness (QED) is 0.441. The Morgan fingerprint density at radius 1 is 1.12 bits per heavy atom. The molecule has 4 aromatic rings. The van der Waals surface area contributed by atoms with Crippen LogP contribution in [0.5, 0.6) is 11.5 Å². The SMILES string of the molecule is NCc1cc(F)c(Oc2ccnc3[nH]cc(-c4ccnc(CC(=O)C5CC5)c4)c23)c(F)c1. The van der Waals surface area contributed by atoms with Gasteiger partial charge in [-0.25, -0.2) is 13.8 Å². The van der Waals surface area contributed by atoms with Crippen molar-refractivity contribution in [2.75, 3.05) is 0 Å². The average molecular weight is 434 g/mol. The number of hydrogen-bond donors (Lipinski definition) is 2. The lowest BCUT2D eigenvalue weighted by Crippen LogP contribution is -2.06. The highest BCUT2D eigenvalue weighted by Crippen LogP contribution is 2.38. The highest BCUT2D eigenvalue weighted by molar-refractivity contribution is 5.98. The van der Waals surface area contributed by atoms with E-state index < -0.39 is 17.4 Å². The number of H-pyrrole nitrogens is 1. The molecule has 3 aromatic heterocycles. The summed E-state index contributed by atoms with van der Waals surface area (Å²) in [5.41, 5.74) is 8.52. The van der Waals surface area contributed by atoms with E-state index in [1.165, 1.54) is 6.20 Å². The zero-order chi connectivity index (χ0) is 22.2. The molecule has 1 aromatic carbocycles. The lowest BCUT2D eigenvalue weighted by molar-refractivity contribution is -0.119. The number of carbonyl (C=O) groups excluding carboxylic acids is 1. The molecule has 1 aliphatic rings. The first-order chi connectivity index (χ1) is 15.5. The molecular weight excluding hydrogens is 414 g/mol.